The van der Waals surface area contributed by atoms with Gasteiger partial charge in [-0.05, 0) is 28.8 Å². The van der Waals surface area contributed by atoms with E-state index in [9.17, 15) is 4.79 Å². The van der Waals surface area contributed by atoms with Crippen LogP contribution in [0.4, 0.5) is 5.69 Å². The zero-order valence-corrected chi connectivity index (χ0v) is 16.8. The third-order valence-corrected chi connectivity index (χ3v) is 5.77. The summed E-state index contributed by atoms with van der Waals surface area (Å²) in [7, 11) is 0. The molecule has 3 nitrogen and oxygen atoms in total. The lowest BCUT2D eigenvalue weighted by Crippen LogP contribution is -1.95. The van der Waals surface area contributed by atoms with Crippen molar-refractivity contribution in [2.24, 2.45) is 0 Å². The third kappa shape index (κ3) is 4.18. The smallest absolute Gasteiger partial charge is 0.171 e. The summed E-state index contributed by atoms with van der Waals surface area (Å²) in [4.78, 5) is 18.1. The summed E-state index contributed by atoms with van der Waals surface area (Å²) in [6, 6.07) is 22.2. The van der Waals surface area contributed by atoms with Crippen LogP contribution in [0.1, 0.15) is 39.0 Å². The number of carbonyl (C=O) groups is 1. The van der Waals surface area contributed by atoms with Gasteiger partial charge in [-0.1, -0.05) is 78.9 Å². The zero-order chi connectivity index (χ0) is 20.2. The molecule has 29 heavy (non-hydrogen) atoms. The van der Waals surface area contributed by atoms with Crippen molar-refractivity contribution in [1.29, 1.82) is 0 Å². The number of aromatic nitrogens is 1. The van der Waals surface area contributed by atoms with Crippen LogP contribution >= 0.6 is 11.3 Å². The Morgan fingerprint density at radius 2 is 1.48 bits per heavy atom. The number of nitrogen functional groups attached to an aromatic ring is 1. The Hall–Kier alpha value is -3.50. The molecule has 2 aromatic carbocycles. The lowest BCUT2D eigenvalue weighted by atomic mass is 10.1. The molecule has 2 aromatic heterocycles. The maximum atomic E-state index is 12.0. The second-order valence-electron chi connectivity index (χ2n) is 6.71. The van der Waals surface area contributed by atoms with E-state index in [1.807, 2.05) is 91.0 Å². The fraction of sp³-hybridized carbons (Fsp3) is 0.0400. The van der Waals surface area contributed by atoms with Crippen molar-refractivity contribution >= 4 is 57.3 Å². The summed E-state index contributed by atoms with van der Waals surface area (Å²) in [5, 5.41) is 0.837. The van der Waals surface area contributed by atoms with Crippen LogP contribution in [0.5, 0.6) is 0 Å². The van der Waals surface area contributed by atoms with Crippen LogP contribution in [0.15, 0.2) is 66.7 Å². The zero-order valence-electron chi connectivity index (χ0n) is 16.0. The van der Waals surface area contributed by atoms with E-state index in [1.54, 1.807) is 0 Å². The van der Waals surface area contributed by atoms with E-state index in [-0.39, 0.29) is 5.78 Å². The molecule has 0 fully saturated rings. The number of ketones is 1. The number of fused-ring (bicyclic) bond motifs is 1. The van der Waals surface area contributed by atoms with Crippen LogP contribution in [0.2, 0.25) is 0 Å². The van der Waals surface area contributed by atoms with E-state index in [4.69, 9.17) is 10.7 Å². The molecule has 4 rings (SSSR count). The lowest BCUT2D eigenvalue weighted by molar-refractivity contribution is 0.102. The predicted octanol–water partition coefficient (Wildman–Crippen LogP) is 6.42. The summed E-state index contributed by atoms with van der Waals surface area (Å²) in [6.45, 7) is 1.54. The molecule has 0 bridgehead atoms. The first-order valence-corrected chi connectivity index (χ1v) is 10.1. The average molecular weight is 397 g/mol. The Labute approximate surface area is 173 Å². The van der Waals surface area contributed by atoms with Crippen LogP contribution in [0, 0.1) is 0 Å². The highest BCUT2D eigenvalue weighted by molar-refractivity contribution is 7.21. The van der Waals surface area contributed by atoms with Crippen molar-refractivity contribution in [3.05, 3.63) is 94.0 Å². The fourth-order valence-electron chi connectivity index (χ4n) is 3.14. The number of nitrogens with two attached hydrogens (primary N) is 1. The standard InChI is InChI=1S/C25H20N2OS/c1-17(28)24-23(26)22-20(14-12-18-8-4-2-5-9-18)16-21(27-25(22)29-24)15-13-19-10-6-3-7-11-19/h2-16H,26H2,1H3/b14-12+,15-13+. The van der Waals surface area contributed by atoms with Crippen molar-refractivity contribution in [3.8, 4) is 0 Å². The molecular weight excluding hydrogens is 376 g/mol. The summed E-state index contributed by atoms with van der Waals surface area (Å²) in [5.41, 5.74) is 10.8. The van der Waals surface area contributed by atoms with Crippen molar-refractivity contribution < 1.29 is 4.79 Å². The van der Waals surface area contributed by atoms with E-state index < -0.39 is 0 Å². The third-order valence-electron chi connectivity index (χ3n) is 4.57. The topological polar surface area (TPSA) is 56.0 Å². The molecule has 0 aliphatic rings. The first kappa shape index (κ1) is 18.8. The van der Waals surface area contributed by atoms with Gasteiger partial charge in [0.05, 0.1) is 16.3 Å². The summed E-state index contributed by atoms with van der Waals surface area (Å²) >= 11 is 1.35. The van der Waals surface area contributed by atoms with Gasteiger partial charge in [0.25, 0.3) is 0 Å². The number of nitrogens with zero attached hydrogens (tertiary/aromatic N) is 1. The summed E-state index contributed by atoms with van der Waals surface area (Å²) < 4.78 is 0. The number of hydrogen-bond donors (Lipinski definition) is 1. The van der Waals surface area contributed by atoms with E-state index >= 15 is 0 Å². The van der Waals surface area contributed by atoms with Gasteiger partial charge in [0.2, 0.25) is 0 Å². The molecule has 0 atom stereocenters. The molecular formula is C25H20N2OS. The van der Waals surface area contributed by atoms with Gasteiger partial charge in [-0.2, -0.15) is 0 Å². The second-order valence-corrected chi connectivity index (χ2v) is 7.70. The number of thiophene rings is 1. The van der Waals surface area contributed by atoms with E-state index in [1.165, 1.54) is 18.3 Å². The number of pyridine rings is 1. The molecule has 2 N–H and O–H groups in total. The van der Waals surface area contributed by atoms with E-state index in [2.05, 4.69) is 0 Å². The molecule has 0 aliphatic heterocycles. The highest BCUT2D eigenvalue weighted by atomic mass is 32.1. The molecule has 0 radical (unpaired) electrons. The number of benzene rings is 2. The second kappa shape index (κ2) is 8.25. The van der Waals surface area contributed by atoms with E-state index in [0.29, 0.717) is 10.6 Å². The molecule has 0 amide bonds. The highest BCUT2D eigenvalue weighted by Crippen LogP contribution is 2.36. The quantitative estimate of drug-likeness (QED) is 0.396. The first-order chi connectivity index (χ1) is 14.1. The SMILES string of the molecule is CC(=O)c1sc2nc(/C=C/c3ccccc3)cc(/C=C/c3ccccc3)c2c1N. The van der Waals surface area contributed by atoms with Gasteiger partial charge in [0.15, 0.2) is 5.78 Å². The Balaban J connectivity index is 1.83. The van der Waals surface area contributed by atoms with Gasteiger partial charge >= 0.3 is 0 Å². The molecule has 0 unspecified atom stereocenters. The number of hydrogen-bond acceptors (Lipinski definition) is 4. The molecule has 4 aromatic rings. The minimum atomic E-state index is -0.0372. The Morgan fingerprint density at radius 3 is 2.07 bits per heavy atom. The predicted molar refractivity (Wildman–Crippen MR) is 125 cm³/mol. The Kier molecular flexibility index (Phi) is 5.36. The molecule has 0 spiro atoms. The largest absolute Gasteiger partial charge is 0.397 e. The summed E-state index contributed by atoms with van der Waals surface area (Å²) in [5.74, 6) is -0.0372. The maximum absolute atomic E-state index is 12.0. The molecule has 0 aliphatic carbocycles. The molecule has 4 heteroatoms. The van der Waals surface area contributed by atoms with E-state index in [0.717, 1.165) is 32.6 Å². The van der Waals surface area contributed by atoms with Crippen LogP contribution in [-0.2, 0) is 0 Å². The van der Waals surface area contributed by atoms with Crippen molar-refractivity contribution in [2.45, 2.75) is 6.92 Å². The Bertz CT molecular complexity index is 1220. The molecule has 0 saturated heterocycles. The number of carbonyl (C=O) groups excluding carboxylic acids is 1. The number of rotatable bonds is 5. The average Bonchev–Trinajstić information content (AvgIpc) is 3.09. The first-order valence-electron chi connectivity index (χ1n) is 9.32. The van der Waals surface area contributed by atoms with Gasteiger partial charge in [0.1, 0.15) is 4.83 Å². The van der Waals surface area contributed by atoms with Gasteiger partial charge < -0.3 is 5.73 Å². The van der Waals surface area contributed by atoms with Gasteiger partial charge in [-0.25, -0.2) is 4.98 Å². The van der Waals surface area contributed by atoms with Gasteiger partial charge in [0, 0.05) is 12.3 Å². The van der Waals surface area contributed by atoms with Crippen LogP contribution in [0.3, 0.4) is 0 Å². The monoisotopic (exact) mass is 396 g/mol. The van der Waals surface area contributed by atoms with Crippen molar-refractivity contribution in [2.75, 3.05) is 5.73 Å². The normalized spacial score (nSPS) is 11.6. The van der Waals surface area contributed by atoms with Crippen molar-refractivity contribution in [3.63, 3.8) is 0 Å². The van der Waals surface area contributed by atoms with Crippen LogP contribution in [-0.4, -0.2) is 10.8 Å². The highest BCUT2D eigenvalue weighted by Gasteiger charge is 2.17. The van der Waals surface area contributed by atoms with Gasteiger partial charge in [-0.3, -0.25) is 4.79 Å². The molecule has 2 heterocycles. The van der Waals surface area contributed by atoms with Gasteiger partial charge in [-0.15, -0.1) is 11.3 Å². The minimum Gasteiger partial charge on any atom is -0.397 e. The molecule has 142 valence electrons. The minimum absolute atomic E-state index is 0.0372. The molecule has 0 saturated carbocycles. The van der Waals surface area contributed by atoms with Crippen molar-refractivity contribution in [1.82, 2.24) is 4.98 Å². The lowest BCUT2D eigenvalue weighted by Gasteiger charge is -2.03. The van der Waals surface area contributed by atoms with Crippen LogP contribution < -0.4 is 5.73 Å². The fourth-order valence-corrected chi connectivity index (χ4v) is 4.17. The number of anilines is 1. The van der Waals surface area contributed by atoms with Crippen LogP contribution in [0.25, 0.3) is 34.5 Å². The Morgan fingerprint density at radius 1 is 0.897 bits per heavy atom. The maximum Gasteiger partial charge on any atom is 0.171 e. The summed E-state index contributed by atoms with van der Waals surface area (Å²) in [6.07, 6.45) is 8.09. The number of Topliss-reactive ketones (excluding diaryl/α,β-unsaturated/α-hetero) is 1.